The maximum Gasteiger partial charge on any atom is 0.269 e. The second-order valence-electron chi connectivity index (χ2n) is 7.95. The van der Waals surface area contributed by atoms with Gasteiger partial charge in [0.2, 0.25) is 11.8 Å². The Morgan fingerprint density at radius 1 is 1.16 bits per heavy atom. The molecule has 8 heteroatoms. The Bertz CT molecular complexity index is 949. The first-order chi connectivity index (χ1) is 14.8. The van der Waals surface area contributed by atoms with Crippen LogP contribution in [0, 0.1) is 11.8 Å². The second kappa shape index (κ2) is 10.4. The van der Waals surface area contributed by atoms with Crippen LogP contribution in [0.15, 0.2) is 53.0 Å². The number of nitrogens with one attached hydrogen (secondary N) is 2. The number of rotatable bonds is 7. The van der Waals surface area contributed by atoms with E-state index in [1.54, 1.807) is 23.1 Å². The van der Waals surface area contributed by atoms with E-state index in [0.717, 1.165) is 5.56 Å². The summed E-state index contributed by atoms with van der Waals surface area (Å²) in [6.45, 7) is 5.47. The van der Waals surface area contributed by atoms with Gasteiger partial charge in [-0.25, -0.2) is 0 Å². The normalized spacial score (nSPS) is 15.8. The van der Waals surface area contributed by atoms with Crippen molar-refractivity contribution in [2.24, 2.45) is 11.8 Å². The van der Waals surface area contributed by atoms with Crippen LogP contribution < -0.4 is 15.6 Å². The van der Waals surface area contributed by atoms with Crippen LogP contribution in [0.1, 0.15) is 36.2 Å². The first kappa shape index (κ1) is 22.8. The third-order valence-electron chi connectivity index (χ3n) is 4.87. The molecule has 0 saturated carbocycles. The topological polar surface area (TPSA) is 87.7 Å². The molecule has 7 nitrogen and oxygen atoms in total. The van der Waals surface area contributed by atoms with Crippen molar-refractivity contribution in [3.05, 3.63) is 64.1 Å². The summed E-state index contributed by atoms with van der Waals surface area (Å²) in [4.78, 5) is 38.8. The van der Waals surface area contributed by atoms with E-state index in [1.807, 2.05) is 30.3 Å². The molecule has 0 aliphatic carbocycles. The molecule has 1 unspecified atom stereocenters. The summed E-state index contributed by atoms with van der Waals surface area (Å²) >= 11 is 3.40. The van der Waals surface area contributed by atoms with Crippen molar-refractivity contribution in [1.29, 1.82) is 0 Å². The fourth-order valence-corrected chi connectivity index (χ4v) is 3.71. The largest absolute Gasteiger partial charge is 0.492 e. The van der Waals surface area contributed by atoms with Gasteiger partial charge in [-0.2, -0.15) is 0 Å². The zero-order valence-electron chi connectivity index (χ0n) is 17.6. The van der Waals surface area contributed by atoms with E-state index in [0.29, 0.717) is 41.4 Å². The minimum absolute atomic E-state index is 0.0729. The summed E-state index contributed by atoms with van der Waals surface area (Å²) in [5.41, 5.74) is 6.24. The Balaban J connectivity index is 1.50. The van der Waals surface area contributed by atoms with Gasteiger partial charge in [0, 0.05) is 25.1 Å². The molecule has 31 heavy (non-hydrogen) atoms. The summed E-state index contributed by atoms with van der Waals surface area (Å²) in [7, 11) is 0. The molecule has 2 aromatic rings. The monoisotopic (exact) mass is 487 g/mol. The molecule has 0 bridgehead atoms. The summed E-state index contributed by atoms with van der Waals surface area (Å²) in [5.74, 6) is -0.372. The minimum Gasteiger partial charge on any atom is -0.492 e. The number of amides is 3. The molecular formula is C23H26BrN3O4. The number of carbonyl (C=O) groups is 3. The van der Waals surface area contributed by atoms with Crippen LogP contribution in [-0.4, -0.2) is 35.8 Å². The fourth-order valence-electron chi connectivity index (χ4n) is 3.21. The highest BCUT2D eigenvalue weighted by Gasteiger charge is 2.34. The molecule has 1 fully saturated rings. The van der Waals surface area contributed by atoms with Crippen molar-refractivity contribution in [3.63, 3.8) is 0 Å². The standard InChI is InChI=1S/C23H26BrN3O4/c1-15(2)14-31-20-9-8-17(10-19(20)24)22(29)25-26-23(30)18-11-21(28)27(13-18)12-16-6-4-3-5-7-16/h3-10,15,18H,11-14H2,1-2H3,(H,25,29)(H,26,30). The molecule has 0 spiro atoms. The Morgan fingerprint density at radius 2 is 1.90 bits per heavy atom. The number of nitrogens with zero attached hydrogens (tertiary/aromatic N) is 1. The van der Waals surface area contributed by atoms with Gasteiger partial charge in [0.25, 0.3) is 5.91 Å². The van der Waals surface area contributed by atoms with E-state index >= 15 is 0 Å². The van der Waals surface area contributed by atoms with Gasteiger partial charge in [0.05, 0.1) is 17.0 Å². The third kappa shape index (κ3) is 6.30. The molecule has 2 aromatic carbocycles. The van der Waals surface area contributed by atoms with Crippen LogP contribution in [-0.2, 0) is 16.1 Å². The smallest absolute Gasteiger partial charge is 0.269 e. The lowest BCUT2D eigenvalue weighted by atomic mass is 10.1. The van der Waals surface area contributed by atoms with E-state index < -0.39 is 11.8 Å². The molecular weight excluding hydrogens is 462 g/mol. The predicted molar refractivity (Wildman–Crippen MR) is 120 cm³/mol. The highest BCUT2D eigenvalue weighted by atomic mass is 79.9. The molecule has 0 radical (unpaired) electrons. The summed E-state index contributed by atoms with van der Waals surface area (Å²) in [5, 5.41) is 0. The van der Waals surface area contributed by atoms with E-state index in [2.05, 4.69) is 40.6 Å². The number of halogens is 1. The average Bonchev–Trinajstić information content (AvgIpc) is 3.11. The lowest BCUT2D eigenvalue weighted by Gasteiger charge is -2.17. The maximum absolute atomic E-state index is 12.5. The first-order valence-corrected chi connectivity index (χ1v) is 11.0. The van der Waals surface area contributed by atoms with Gasteiger partial charge in [-0.3, -0.25) is 25.2 Å². The molecule has 1 atom stereocenters. The molecule has 1 aliphatic heterocycles. The van der Waals surface area contributed by atoms with Crippen LogP contribution in [0.2, 0.25) is 0 Å². The van der Waals surface area contributed by atoms with Crippen molar-refractivity contribution in [1.82, 2.24) is 15.8 Å². The van der Waals surface area contributed by atoms with Gasteiger partial charge in [-0.05, 0) is 45.6 Å². The van der Waals surface area contributed by atoms with Crippen molar-refractivity contribution < 1.29 is 19.1 Å². The Labute approximate surface area is 190 Å². The van der Waals surface area contributed by atoms with Gasteiger partial charge >= 0.3 is 0 Å². The van der Waals surface area contributed by atoms with Crippen molar-refractivity contribution >= 4 is 33.7 Å². The maximum atomic E-state index is 12.5. The lowest BCUT2D eigenvalue weighted by Crippen LogP contribution is -2.45. The van der Waals surface area contributed by atoms with E-state index in [-0.39, 0.29) is 18.2 Å². The Hall–Kier alpha value is -2.87. The number of hydrazine groups is 1. The predicted octanol–water partition coefficient (Wildman–Crippen LogP) is 3.29. The van der Waals surface area contributed by atoms with E-state index in [9.17, 15) is 14.4 Å². The molecule has 1 saturated heterocycles. The molecule has 2 N–H and O–H groups in total. The number of likely N-dealkylation sites (tertiary alicyclic amines) is 1. The van der Waals surface area contributed by atoms with Crippen molar-refractivity contribution in [2.75, 3.05) is 13.2 Å². The third-order valence-corrected chi connectivity index (χ3v) is 5.49. The summed E-state index contributed by atoms with van der Waals surface area (Å²) in [6.07, 6.45) is 0.127. The van der Waals surface area contributed by atoms with Crippen molar-refractivity contribution in [2.45, 2.75) is 26.8 Å². The molecule has 0 aromatic heterocycles. The minimum atomic E-state index is -0.505. The number of hydrogen-bond donors (Lipinski definition) is 2. The van der Waals surface area contributed by atoms with Crippen LogP contribution in [0.4, 0.5) is 0 Å². The van der Waals surface area contributed by atoms with Crippen LogP contribution in [0.3, 0.4) is 0 Å². The van der Waals surface area contributed by atoms with Crippen LogP contribution in [0.5, 0.6) is 5.75 Å². The molecule has 3 rings (SSSR count). The van der Waals surface area contributed by atoms with Gasteiger partial charge in [0.15, 0.2) is 0 Å². The molecule has 1 aliphatic rings. The number of carbonyl (C=O) groups excluding carboxylic acids is 3. The van der Waals surface area contributed by atoms with Gasteiger partial charge in [0.1, 0.15) is 5.75 Å². The Kier molecular flexibility index (Phi) is 7.68. The first-order valence-electron chi connectivity index (χ1n) is 10.2. The number of hydrogen-bond acceptors (Lipinski definition) is 4. The number of ether oxygens (including phenoxy) is 1. The zero-order valence-corrected chi connectivity index (χ0v) is 19.1. The molecule has 164 valence electrons. The van der Waals surface area contributed by atoms with Crippen LogP contribution >= 0.6 is 15.9 Å². The Morgan fingerprint density at radius 3 is 2.58 bits per heavy atom. The van der Waals surface area contributed by atoms with Crippen molar-refractivity contribution in [3.8, 4) is 5.75 Å². The second-order valence-corrected chi connectivity index (χ2v) is 8.81. The zero-order chi connectivity index (χ0) is 22.4. The van der Waals surface area contributed by atoms with E-state index in [4.69, 9.17) is 4.74 Å². The number of benzene rings is 2. The lowest BCUT2D eigenvalue weighted by molar-refractivity contribution is -0.129. The SMILES string of the molecule is CC(C)COc1ccc(C(=O)NNC(=O)C2CC(=O)N(Cc3ccccc3)C2)cc1Br. The summed E-state index contributed by atoms with van der Waals surface area (Å²) in [6, 6.07) is 14.6. The van der Waals surface area contributed by atoms with E-state index in [1.165, 1.54) is 0 Å². The van der Waals surface area contributed by atoms with Crippen LogP contribution in [0.25, 0.3) is 0 Å². The summed E-state index contributed by atoms with van der Waals surface area (Å²) < 4.78 is 6.33. The quantitative estimate of drug-likeness (QED) is 0.586. The molecule has 3 amide bonds. The average molecular weight is 488 g/mol. The fraction of sp³-hybridized carbons (Fsp3) is 0.348. The highest BCUT2D eigenvalue weighted by Crippen LogP contribution is 2.26. The van der Waals surface area contributed by atoms with Gasteiger partial charge in [-0.15, -0.1) is 0 Å². The van der Waals surface area contributed by atoms with Gasteiger partial charge < -0.3 is 9.64 Å². The molecule has 1 heterocycles. The highest BCUT2D eigenvalue weighted by molar-refractivity contribution is 9.10. The van der Waals surface area contributed by atoms with Gasteiger partial charge in [-0.1, -0.05) is 44.2 Å².